The zero-order valence-corrected chi connectivity index (χ0v) is 9.91. The van der Waals surface area contributed by atoms with Gasteiger partial charge in [0.1, 0.15) is 0 Å². The quantitative estimate of drug-likeness (QED) is 0.641. The first-order valence-electron chi connectivity index (χ1n) is 6.05. The van der Waals surface area contributed by atoms with Gasteiger partial charge in [0, 0.05) is 23.6 Å². The summed E-state index contributed by atoms with van der Waals surface area (Å²) < 4.78 is 54.2. The molecule has 0 radical (unpaired) electrons. The Balaban J connectivity index is 2.61. The smallest absolute Gasteiger partial charge is 0.165 e. The van der Waals surface area contributed by atoms with E-state index in [1.165, 1.54) is 0 Å². The van der Waals surface area contributed by atoms with E-state index in [0.717, 1.165) is 19.3 Å². The van der Waals surface area contributed by atoms with Crippen molar-refractivity contribution in [2.75, 3.05) is 6.54 Å². The van der Waals surface area contributed by atoms with E-state index in [0.29, 0.717) is 12.8 Å². The zero-order valence-electron chi connectivity index (χ0n) is 9.91. The molecule has 1 aromatic carbocycles. The molecule has 0 bridgehead atoms. The molecule has 0 amide bonds. The molecule has 0 spiro atoms. The van der Waals surface area contributed by atoms with Gasteiger partial charge in [0.25, 0.3) is 0 Å². The van der Waals surface area contributed by atoms with Gasteiger partial charge in [0.15, 0.2) is 23.3 Å². The fourth-order valence-corrected chi connectivity index (χ4v) is 2.82. The van der Waals surface area contributed by atoms with E-state index in [-0.39, 0.29) is 12.6 Å². The summed E-state index contributed by atoms with van der Waals surface area (Å²) in [4.78, 5) is 0. The molecule has 0 aromatic heterocycles. The van der Waals surface area contributed by atoms with Crippen molar-refractivity contribution < 1.29 is 17.6 Å². The molecule has 0 aliphatic heterocycles. The second kappa shape index (κ2) is 4.88. The summed E-state index contributed by atoms with van der Waals surface area (Å²) in [6.07, 6.45) is 3.38. The predicted octanol–water partition coefficient (Wildman–Crippen LogP) is 3.40. The Hall–Kier alpha value is -1.10. The van der Waals surface area contributed by atoms with Gasteiger partial charge in [-0.25, -0.2) is 17.6 Å². The SMILES string of the molecule is NCC1(c2c(F)c(F)cc(F)c2F)CCCCC1. The normalized spacial score (nSPS) is 18.9. The lowest BCUT2D eigenvalue weighted by atomic mass is 9.69. The Morgan fingerprint density at radius 3 is 1.89 bits per heavy atom. The molecule has 1 aliphatic rings. The molecule has 0 saturated heterocycles. The highest BCUT2D eigenvalue weighted by Gasteiger charge is 2.39. The van der Waals surface area contributed by atoms with Crippen molar-refractivity contribution in [2.24, 2.45) is 5.73 Å². The molecule has 18 heavy (non-hydrogen) atoms. The van der Waals surface area contributed by atoms with Crippen molar-refractivity contribution in [3.8, 4) is 0 Å². The molecule has 1 aromatic rings. The second-order valence-electron chi connectivity index (χ2n) is 4.89. The fraction of sp³-hybridized carbons (Fsp3) is 0.538. The average Bonchev–Trinajstić information content (AvgIpc) is 2.38. The minimum absolute atomic E-state index is 0.0102. The van der Waals surface area contributed by atoms with E-state index < -0.39 is 34.2 Å². The summed E-state index contributed by atoms with van der Waals surface area (Å²) in [6, 6.07) is 0.237. The lowest BCUT2D eigenvalue weighted by molar-refractivity contribution is 0.272. The monoisotopic (exact) mass is 261 g/mol. The van der Waals surface area contributed by atoms with E-state index in [1.807, 2.05) is 0 Å². The van der Waals surface area contributed by atoms with Crippen LogP contribution in [0.2, 0.25) is 0 Å². The third-order valence-electron chi connectivity index (χ3n) is 3.84. The van der Waals surface area contributed by atoms with Crippen LogP contribution in [0.3, 0.4) is 0 Å². The maximum Gasteiger partial charge on any atom is 0.165 e. The maximum absolute atomic E-state index is 13.8. The Bertz CT molecular complexity index is 427. The highest BCUT2D eigenvalue weighted by Crippen LogP contribution is 2.41. The summed E-state index contributed by atoms with van der Waals surface area (Å²) in [5.41, 5.74) is 4.14. The fourth-order valence-electron chi connectivity index (χ4n) is 2.82. The number of hydrogen-bond acceptors (Lipinski definition) is 1. The first kappa shape index (κ1) is 13.3. The van der Waals surface area contributed by atoms with Crippen LogP contribution in [0.15, 0.2) is 6.07 Å². The average molecular weight is 261 g/mol. The van der Waals surface area contributed by atoms with Crippen LogP contribution in [0.5, 0.6) is 0 Å². The Morgan fingerprint density at radius 2 is 1.44 bits per heavy atom. The minimum atomic E-state index is -1.36. The first-order chi connectivity index (χ1) is 8.52. The molecule has 0 atom stereocenters. The molecular weight excluding hydrogens is 246 g/mol. The summed E-state index contributed by atoms with van der Waals surface area (Å²) in [5.74, 6) is -5.33. The van der Waals surface area contributed by atoms with Crippen LogP contribution in [-0.4, -0.2) is 6.54 Å². The summed E-state index contributed by atoms with van der Waals surface area (Å²) >= 11 is 0. The standard InChI is InChI=1S/C13H15F4N/c14-8-6-9(15)12(17)10(11(8)16)13(7-18)4-2-1-3-5-13/h6H,1-5,7,18H2. The van der Waals surface area contributed by atoms with Crippen LogP contribution in [0.4, 0.5) is 17.6 Å². The molecule has 0 heterocycles. The van der Waals surface area contributed by atoms with Crippen molar-refractivity contribution in [2.45, 2.75) is 37.5 Å². The Morgan fingerprint density at radius 1 is 0.944 bits per heavy atom. The zero-order chi connectivity index (χ0) is 13.3. The summed E-state index contributed by atoms with van der Waals surface area (Å²) in [5, 5.41) is 0. The molecule has 1 saturated carbocycles. The van der Waals surface area contributed by atoms with Crippen LogP contribution in [-0.2, 0) is 5.41 Å². The van der Waals surface area contributed by atoms with Crippen LogP contribution in [0.25, 0.3) is 0 Å². The topological polar surface area (TPSA) is 26.0 Å². The lowest BCUT2D eigenvalue weighted by Gasteiger charge is -2.37. The molecule has 1 nitrogen and oxygen atoms in total. The Labute approximate surface area is 103 Å². The maximum atomic E-state index is 13.8. The minimum Gasteiger partial charge on any atom is -0.330 e. The number of nitrogens with two attached hydrogens (primary N) is 1. The van der Waals surface area contributed by atoms with E-state index >= 15 is 0 Å². The molecule has 2 N–H and O–H groups in total. The lowest BCUT2D eigenvalue weighted by Crippen LogP contribution is -2.39. The van der Waals surface area contributed by atoms with Gasteiger partial charge in [-0.3, -0.25) is 0 Å². The van der Waals surface area contributed by atoms with Crippen LogP contribution < -0.4 is 5.73 Å². The molecule has 1 aliphatic carbocycles. The third-order valence-corrected chi connectivity index (χ3v) is 3.84. The van der Waals surface area contributed by atoms with E-state index in [9.17, 15) is 17.6 Å². The van der Waals surface area contributed by atoms with Gasteiger partial charge in [0.2, 0.25) is 0 Å². The van der Waals surface area contributed by atoms with E-state index in [2.05, 4.69) is 0 Å². The van der Waals surface area contributed by atoms with Gasteiger partial charge in [0.05, 0.1) is 0 Å². The molecular formula is C13H15F4N. The number of rotatable bonds is 2. The number of halogens is 4. The number of hydrogen-bond donors (Lipinski definition) is 1. The van der Waals surface area contributed by atoms with Crippen LogP contribution in [0, 0.1) is 23.3 Å². The van der Waals surface area contributed by atoms with E-state index in [4.69, 9.17) is 5.73 Å². The summed E-state index contributed by atoms with van der Waals surface area (Å²) in [6.45, 7) is -0.0102. The summed E-state index contributed by atoms with van der Waals surface area (Å²) in [7, 11) is 0. The molecule has 1 fully saturated rings. The van der Waals surface area contributed by atoms with Crippen molar-refractivity contribution in [1.29, 1.82) is 0 Å². The van der Waals surface area contributed by atoms with Gasteiger partial charge < -0.3 is 5.73 Å². The largest absolute Gasteiger partial charge is 0.330 e. The van der Waals surface area contributed by atoms with Crippen molar-refractivity contribution in [3.63, 3.8) is 0 Å². The van der Waals surface area contributed by atoms with Crippen molar-refractivity contribution >= 4 is 0 Å². The predicted molar refractivity (Wildman–Crippen MR) is 60.1 cm³/mol. The Kier molecular flexibility index (Phi) is 3.61. The molecule has 5 heteroatoms. The second-order valence-corrected chi connectivity index (χ2v) is 4.89. The van der Waals surface area contributed by atoms with Gasteiger partial charge in [-0.1, -0.05) is 19.3 Å². The first-order valence-corrected chi connectivity index (χ1v) is 6.05. The van der Waals surface area contributed by atoms with Crippen molar-refractivity contribution in [3.05, 3.63) is 34.9 Å². The van der Waals surface area contributed by atoms with Gasteiger partial charge in [-0.15, -0.1) is 0 Å². The van der Waals surface area contributed by atoms with Gasteiger partial charge in [-0.05, 0) is 12.8 Å². The van der Waals surface area contributed by atoms with Gasteiger partial charge in [-0.2, -0.15) is 0 Å². The molecule has 100 valence electrons. The highest BCUT2D eigenvalue weighted by atomic mass is 19.2. The highest BCUT2D eigenvalue weighted by molar-refractivity contribution is 5.31. The van der Waals surface area contributed by atoms with Crippen LogP contribution >= 0.6 is 0 Å². The molecule has 2 rings (SSSR count). The van der Waals surface area contributed by atoms with Crippen molar-refractivity contribution in [1.82, 2.24) is 0 Å². The number of benzene rings is 1. The van der Waals surface area contributed by atoms with Crippen LogP contribution in [0.1, 0.15) is 37.7 Å². The molecule has 0 unspecified atom stereocenters. The van der Waals surface area contributed by atoms with E-state index in [1.54, 1.807) is 0 Å². The van der Waals surface area contributed by atoms with Gasteiger partial charge >= 0.3 is 0 Å². The third kappa shape index (κ3) is 2.00.